The molecule has 25 heavy (non-hydrogen) atoms. The molecule has 2 heterocycles. The molecule has 0 bridgehead atoms. The predicted octanol–water partition coefficient (Wildman–Crippen LogP) is 3.18. The first-order valence-corrected chi connectivity index (χ1v) is 9.50. The van der Waals surface area contributed by atoms with Crippen LogP contribution in [0.25, 0.3) is 11.3 Å². The lowest BCUT2D eigenvalue weighted by Crippen LogP contribution is -3.16. The summed E-state index contributed by atoms with van der Waals surface area (Å²) in [6.45, 7) is 5.38. The number of amides is 1. The molecule has 4 nitrogen and oxygen atoms in total. The van der Waals surface area contributed by atoms with Crippen molar-refractivity contribution in [1.82, 2.24) is 5.32 Å². The first kappa shape index (κ1) is 18.0. The van der Waals surface area contributed by atoms with E-state index in [1.807, 2.05) is 24.3 Å². The molecule has 0 spiro atoms. The van der Waals surface area contributed by atoms with E-state index in [4.69, 9.17) is 16.0 Å². The van der Waals surface area contributed by atoms with Crippen molar-refractivity contribution in [3.05, 3.63) is 47.2 Å². The maximum absolute atomic E-state index is 12.2. The van der Waals surface area contributed by atoms with Gasteiger partial charge in [0.15, 0.2) is 5.76 Å². The maximum Gasteiger partial charge on any atom is 0.287 e. The van der Waals surface area contributed by atoms with Crippen molar-refractivity contribution < 1.29 is 14.1 Å². The Morgan fingerprint density at radius 1 is 1.28 bits per heavy atom. The van der Waals surface area contributed by atoms with Crippen molar-refractivity contribution in [2.75, 3.05) is 19.6 Å². The number of nitrogens with one attached hydrogen (secondary N) is 2. The molecule has 1 aromatic heterocycles. The van der Waals surface area contributed by atoms with Crippen molar-refractivity contribution in [3.8, 4) is 11.3 Å². The number of hydrogen-bond acceptors (Lipinski definition) is 2. The first-order chi connectivity index (χ1) is 12.1. The molecular weight excluding hydrogens is 336 g/mol. The second kappa shape index (κ2) is 8.54. The highest BCUT2D eigenvalue weighted by molar-refractivity contribution is 6.33. The second-order valence-corrected chi connectivity index (χ2v) is 7.22. The van der Waals surface area contributed by atoms with Crippen LogP contribution in [0.3, 0.4) is 0 Å². The molecule has 1 saturated heterocycles. The third-order valence-corrected chi connectivity index (χ3v) is 5.34. The zero-order valence-corrected chi connectivity index (χ0v) is 15.4. The zero-order valence-electron chi connectivity index (χ0n) is 14.7. The van der Waals surface area contributed by atoms with Gasteiger partial charge < -0.3 is 14.6 Å². The van der Waals surface area contributed by atoms with Gasteiger partial charge in [0.1, 0.15) is 5.76 Å². The van der Waals surface area contributed by atoms with Crippen LogP contribution in [-0.4, -0.2) is 31.6 Å². The maximum atomic E-state index is 12.2. The number of quaternary nitrogens is 1. The van der Waals surface area contributed by atoms with Gasteiger partial charge in [0.2, 0.25) is 0 Å². The van der Waals surface area contributed by atoms with Crippen molar-refractivity contribution in [2.24, 2.45) is 0 Å². The number of carbonyl (C=O) groups is 1. The van der Waals surface area contributed by atoms with Crippen LogP contribution in [0.1, 0.15) is 43.2 Å². The molecule has 1 aromatic carbocycles. The second-order valence-electron chi connectivity index (χ2n) is 6.81. The summed E-state index contributed by atoms with van der Waals surface area (Å²) in [5.74, 6) is 0.774. The van der Waals surface area contributed by atoms with Gasteiger partial charge >= 0.3 is 0 Å². The van der Waals surface area contributed by atoms with Gasteiger partial charge in [0.05, 0.1) is 24.2 Å². The Morgan fingerprint density at radius 3 is 2.92 bits per heavy atom. The third-order valence-electron chi connectivity index (χ3n) is 5.01. The quantitative estimate of drug-likeness (QED) is 0.776. The van der Waals surface area contributed by atoms with Gasteiger partial charge in [-0.2, -0.15) is 0 Å². The van der Waals surface area contributed by atoms with Crippen LogP contribution in [0.5, 0.6) is 0 Å². The zero-order chi connectivity index (χ0) is 17.6. The molecule has 0 aliphatic carbocycles. The van der Waals surface area contributed by atoms with E-state index in [0.717, 1.165) is 24.6 Å². The summed E-state index contributed by atoms with van der Waals surface area (Å²) in [7, 11) is 0. The lowest BCUT2D eigenvalue weighted by atomic mass is 10.0. The van der Waals surface area contributed by atoms with E-state index in [9.17, 15) is 4.79 Å². The van der Waals surface area contributed by atoms with Gasteiger partial charge in [0, 0.05) is 18.5 Å². The van der Waals surface area contributed by atoms with Crippen molar-refractivity contribution in [1.29, 1.82) is 0 Å². The molecule has 1 amide bonds. The number of halogens is 1. The molecule has 1 aliphatic rings. The summed E-state index contributed by atoms with van der Waals surface area (Å²) in [6, 6.07) is 11.7. The Labute approximate surface area is 154 Å². The number of furan rings is 1. The summed E-state index contributed by atoms with van der Waals surface area (Å²) >= 11 is 6.17. The fourth-order valence-electron chi connectivity index (χ4n) is 3.49. The van der Waals surface area contributed by atoms with Crippen LogP contribution in [0, 0.1) is 0 Å². The molecule has 2 atom stereocenters. The molecule has 0 radical (unpaired) electrons. The SMILES string of the molecule is C[C@@H]1CCCC[NH+]1CCCNC(=O)c1ccc(-c2ccccc2Cl)o1. The van der Waals surface area contributed by atoms with Crippen LogP contribution in [0.4, 0.5) is 0 Å². The largest absolute Gasteiger partial charge is 0.451 e. The van der Waals surface area contributed by atoms with Crippen LogP contribution in [-0.2, 0) is 0 Å². The van der Waals surface area contributed by atoms with Crippen LogP contribution >= 0.6 is 11.6 Å². The number of hydrogen-bond donors (Lipinski definition) is 2. The summed E-state index contributed by atoms with van der Waals surface area (Å²) in [4.78, 5) is 13.9. The standard InChI is InChI=1S/C20H25ClN2O2/c1-15-7-4-5-13-23(15)14-6-12-22-20(24)19-11-10-18(25-19)16-8-2-3-9-17(16)21/h2-3,8-11,15H,4-7,12-14H2,1H3,(H,22,24)/p+1/t15-/m1/s1. The van der Waals surface area contributed by atoms with E-state index in [1.165, 1.54) is 25.8 Å². The summed E-state index contributed by atoms with van der Waals surface area (Å²) in [5.41, 5.74) is 0.797. The Balaban J connectivity index is 1.48. The summed E-state index contributed by atoms with van der Waals surface area (Å²) in [6.07, 6.45) is 4.99. The molecule has 1 fully saturated rings. The lowest BCUT2D eigenvalue weighted by Gasteiger charge is -2.30. The van der Waals surface area contributed by atoms with E-state index in [1.54, 1.807) is 17.0 Å². The van der Waals surface area contributed by atoms with E-state index in [-0.39, 0.29) is 5.91 Å². The van der Waals surface area contributed by atoms with Crippen LogP contribution < -0.4 is 10.2 Å². The molecule has 0 saturated carbocycles. The van der Waals surface area contributed by atoms with Gasteiger partial charge in [-0.1, -0.05) is 23.7 Å². The molecular formula is C20H26ClN2O2+. The number of carbonyl (C=O) groups excluding carboxylic acids is 1. The smallest absolute Gasteiger partial charge is 0.287 e. The number of likely N-dealkylation sites (tertiary alicyclic amines) is 1. The van der Waals surface area contributed by atoms with Gasteiger partial charge in [0.25, 0.3) is 5.91 Å². The Hall–Kier alpha value is -1.78. The molecule has 3 rings (SSSR count). The lowest BCUT2D eigenvalue weighted by molar-refractivity contribution is -0.928. The topological polar surface area (TPSA) is 46.7 Å². The van der Waals surface area contributed by atoms with E-state index < -0.39 is 0 Å². The summed E-state index contributed by atoms with van der Waals surface area (Å²) < 4.78 is 5.67. The monoisotopic (exact) mass is 361 g/mol. The molecule has 1 aliphatic heterocycles. The Morgan fingerprint density at radius 2 is 2.12 bits per heavy atom. The molecule has 5 heteroatoms. The van der Waals surface area contributed by atoms with Crippen LogP contribution in [0.15, 0.2) is 40.8 Å². The van der Waals surface area contributed by atoms with Crippen LogP contribution in [0.2, 0.25) is 5.02 Å². The minimum absolute atomic E-state index is 0.167. The van der Waals surface area contributed by atoms with Gasteiger partial charge in [-0.05, 0) is 50.5 Å². The van der Waals surface area contributed by atoms with Crippen molar-refractivity contribution in [2.45, 2.75) is 38.6 Å². The highest BCUT2D eigenvalue weighted by atomic mass is 35.5. The predicted molar refractivity (Wildman–Crippen MR) is 100 cm³/mol. The minimum atomic E-state index is -0.167. The first-order valence-electron chi connectivity index (χ1n) is 9.12. The van der Waals surface area contributed by atoms with E-state index in [0.29, 0.717) is 23.1 Å². The average molecular weight is 362 g/mol. The fraction of sp³-hybridized carbons (Fsp3) is 0.450. The molecule has 2 N–H and O–H groups in total. The highest BCUT2D eigenvalue weighted by Gasteiger charge is 2.21. The average Bonchev–Trinajstić information content (AvgIpc) is 3.10. The van der Waals surface area contributed by atoms with Gasteiger partial charge in [-0.3, -0.25) is 4.79 Å². The van der Waals surface area contributed by atoms with Gasteiger partial charge in [-0.15, -0.1) is 0 Å². The summed E-state index contributed by atoms with van der Waals surface area (Å²) in [5, 5.41) is 3.57. The normalized spacial score (nSPS) is 20.4. The Kier molecular flexibility index (Phi) is 6.16. The van der Waals surface area contributed by atoms with E-state index in [2.05, 4.69) is 12.2 Å². The number of piperidine rings is 1. The third kappa shape index (κ3) is 4.65. The van der Waals surface area contributed by atoms with Gasteiger partial charge in [-0.25, -0.2) is 0 Å². The Bertz CT molecular complexity index is 713. The number of benzene rings is 1. The van der Waals surface area contributed by atoms with Crippen molar-refractivity contribution >= 4 is 17.5 Å². The fourth-order valence-corrected chi connectivity index (χ4v) is 3.72. The number of rotatable bonds is 6. The van der Waals surface area contributed by atoms with Crippen molar-refractivity contribution in [3.63, 3.8) is 0 Å². The minimum Gasteiger partial charge on any atom is -0.451 e. The molecule has 2 aromatic rings. The molecule has 1 unspecified atom stereocenters. The van der Waals surface area contributed by atoms with E-state index >= 15 is 0 Å². The highest BCUT2D eigenvalue weighted by Crippen LogP contribution is 2.28. The molecule has 134 valence electrons.